The molecule has 1 aromatic heterocycles. The Morgan fingerprint density at radius 1 is 0.764 bits per heavy atom. The predicted molar refractivity (Wildman–Crippen MR) is 225 cm³/mol. The van der Waals surface area contributed by atoms with E-state index in [-0.39, 0.29) is 55.2 Å². The molecule has 1 heterocycles. The molecule has 12 nitrogen and oxygen atoms in total. The number of nitrogens with one attached hydrogen (secondary N) is 3. The normalized spacial score (nSPS) is 10.9. The number of amides is 4. The summed E-state index contributed by atoms with van der Waals surface area (Å²) in [5.41, 5.74) is 3.44. The second-order valence-corrected chi connectivity index (χ2v) is 14.2. The number of benzene rings is 4. The lowest BCUT2D eigenvalue weighted by Gasteiger charge is -2.27. The van der Waals surface area contributed by atoms with Crippen LogP contribution in [0.25, 0.3) is 5.69 Å². The van der Waals surface area contributed by atoms with E-state index in [9.17, 15) is 19.5 Å². The van der Waals surface area contributed by atoms with E-state index in [0.29, 0.717) is 22.6 Å². The van der Waals surface area contributed by atoms with E-state index in [2.05, 4.69) is 25.9 Å². The number of carbonyl (C=O) groups is 3. The van der Waals surface area contributed by atoms with E-state index < -0.39 is 17.8 Å². The van der Waals surface area contributed by atoms with Crippen molar-refractivity contribution >= 4 is 104 Å². The van der Waals surface area contributed by atoms with Gasteiger partial charge in [0.2, 0.25) is 11.8 Å². The third-order valence-corrected chi connectivity index (χ3v) is 9.81. The number of aromatic nitrogens is 2. The van der Waals surface area contributed by atoms with Crippen molar-refractivity contribution in [2.45, 2.75) is 34.1 Å². The number of aromatic hydroxyl groups is 1. The van der Waals surface area contributed by atoms with Gasteiger partial charge in [0.25, 0.3) is 5.91 Å². The van der Waals surface area contributed by atoms with E-state index in [1.807, 2.05) is 64.0 Å². The van der Waals surface area contributed by atoms with Crippen LogP contribution in [0.4, 0.5) is 44.7 Å². The molecule has 0 aliphatic rings. The summed E-state index contributed by atoms with van der Waals surface area (Å²) >= 11 is 25.9. The molecule has 0 saturated carbocycles. The quantitative estimate of drug-likeness (QED) is 0.0984. The lowest BCUT2D eigenvalue weighted by Crippen LogP contribution is -2.32. The molecule has 0 fully saturated rings. The Labute approximate surface area is 339 Å². The highest BCUT2D eigenvalue weighted by Gasteiger charge is 2.33. The Morgan fingerprint density at radius 2 is 1.38 bits per heavy atom. The van der Waals surface area contributed by atoms with Crippen LogP contribution in [0.1, 0.15) is 43.1 Å². The Balaban J connectivity index is 1.73. The summed E-state index contributed by atoms with van der Waals surface area (Å²) in [6.45, 7) is 9.12. The van der Waals surface area contributed by atoms with Gasteiger partial charge in [-0.3, -0.25) is 14.5 Å². The van der Waals surface area contributed by atoms with Crippen molar-refractivity contribution in [1.82, 2.24) is 9.78 Å². The minimum Gasteiger partial charge on any atom is -0.492 e. The van der Waals surface area contributed by atoms with Crippen molar-refractivity contribution in [3.8, 4) is 11.6 Å². The van der Waals surface area contributed by atoms with Crippen LogP contribution in [-0.4, -0.2) is 59.9 Å². The summed E-state index contributed by atoms with van der Waals surface area (Å²) in [7, 11) is 3.81. The molecule has 5 rings (SSSR count). The zero-order valence-electron chi connectivity index (χ0n) is 31.0. The maximum absolute atomic E-state index is 14.6. The summed E-state index contributed by atoms with van der Waals surface area (Å²) in [6.07, 6.45) is 0.215. The average Bonchev–Trinajstić information content (AvgIpc) is 3.44. The topological polar surface area (TPSA) is 135 Å². The molecule has 0 saturated heterocycles. The minimum atomic E-state index is -0.759. The van der Waals surface area contributed by atoms with E-state index in [1.165, 1.54) is 29.2 Å². The molecule has 55 heavy (non-hydrogen) atoms. The first-order chi connectivity index (χ1) is 26.2. The van der Waals surface area contributed by atoms with Gasteiger partial charge in [0, 0.05) is 61.4 Å². The van der Waals surface area contributed by atoms with Crippen LogP contribution in [0, 0.1) is 6.92 Å². The minimum absolute atomic E-state index is 0.0187. The van der Waals surface area contributed by atoms with Crippen LogP contribution in [0.2, 0.25) is 20.1 Å². The number of hydrogen-bond acceptors (Lipinski definition) is 7. The number of carbonyl (C=O) groups excluding carboxylic acids is 3. The van der Waals surface area contributed by atoms with E-state index >= 15 is 0 Å². The molecular weight excluding hydrogens is 786 g/mol. The fraction of sp³-hybridized carbons (Fsp3) is 0.231. The van der Waals surface area contributed by atoms with Gasteiger partial charge < -0.3 is 30.9 Å². The summed E-state index contributed by atoms with van der Waals surface area (Å²) in [5, 5.41) is 25.4. The lowest BCUT2D eigenvalue weighted by molar-refractivity contribution is -0.115. The van der Waals surface area contributed by atoms with Crippen molar-refractivity contribution in [2.24, 2.45) is 0 Å². The fourth-order valence-corrected chi connectivity index (χ4v) is 7.00. The lowest BCUT2D eigenvalue weighted by atomic mass is 10.1. The molecule has 0 bridgehead atoms. The third-order valence-electron chi connectivity index (χ3n) is 8.69. The highest BCUT2D eigenvalue weighted by Crippen LogP contribution is 2.45. The monoisotopic (exact) mass is 824 g/mol. The van der Waals surface area contributed by atoms with Gasteiger partial charge in [0.05, 0.1) is 26.3 Å². The maximum Gasteiger partial charge on any atom is 0.331 e. The first-order valence-corrected chi connectivity index (χ1v) is 18.8. The van der Waals surface area contributed by atoms with E-state index in [0.717, 1.165) is 29.1 Å². The Kier molecular flexibility index (Phi) is 13.1. The van der Waals surface area contributed by atoms with Gasteiger partial charge in [0.1, 0.15) is 5.69 Å². The van der Waals surface area contributed by atoms with Gasteiger partial charge in [0.15, 0.2) is 11.5 Å². The van der Waals surface area contributed by atoms with Gasteiger partial charge in [-0.05, 0) is 99.1 Å². The molecule has 4 N–H and O–H groups in total. The first-order valence-electron chi connectivity index (χ1n) is 17.3. The highest BCUT2D eigenvalue weighted by atomic mass is 35.5. The van der Waals surface area contributed by atoms with Crippen LogP contribution < -0.4 is 30.7 Å². The molecule has 4 aromatic carbocycles. The van der Waals surface area contributed by atoms with Crippen molar-refractivity contribution in [3.05, 3.63) is 104 Å². The Bertz CT molecular complexity index is 2220. The number of hydrogen-bond donors (Lipinski definition) is 4. The number of aryl methyl sites for hydroxylation is 1. The Hall–Kier alpha value is -5.14. The van der Waals surface area contributed by atoms with Crippen LogP contribution in [0.5, 0.6) is 5.88 Å². The number of nitrogens with zero attached hydrogens (tertiary/aromatic N) is 5. The summed E-state index contributed by atoms with van der Waals surface area (Å²) < 4.78 is 1.01. The fourth-order valence-electron chi connectivity index (χ4n) is 5.81. The molecule has 0 aliphatic carbocycles. The third kappa shape index (κ3) is 9.05. The molecular formula is C39H40Cl4N8O4. The molecule has 5 aromatic rings. The summed E-state index contributed by atoms with van der Waals surface area (Å²) in [6, 6.07) is 19.3. The largest absolute Gasteiger partial charge is 0.492 e. The van der Waals surface area contributed by atoms with Gasteiger partial charge in [-0.1, -0.05) is 53.3 Å². The van der Waals surface area contributed by atoms with Gasteiger partial charge in [-0.2, -0.15) is 4.68 Å². The summed E-state index contributed by atoms with van der Waals surface area (Å²) in [4.78, 5) is 46.1. The number of rotatable bonds is 12. The number of anilines is 7. The van der Waals surface area contributed by atoms with Gasteiger partial charge in [-0.25, -0.2) is 4.79 Å². The molecule has 0 aliphatic heterocycles. The van der Waals surface area contributed by atoms with E-state index in [1.54, 1.807) is 31.2 Å². The predicted octanol–water partition coefficient (Wildman–Crippen LogP) is 10.4. The van der Waals surface area contributed by atoms with Crippen molar-refractivity contribution in [3.63, 3.8) is 0 Å². The van der Waals surface area contributed by atoms with Crippen molar-refractivity contribution in [1.29, 1.82) is 0 Å². The van der Waals surface area contributed by atoms with Gasteiger partial charge >= 0.3 is 6.03 Å². The number of urea groups is 1. The average molecular weight is 827 g/mol. The maximum atomic E-state index is 14.6. The molecule has 0 radical (unpaired) electrons. The van der Waals surface area contributed by atoms with Crippen LogP contribution >= 0.6 is 46.4 Å². The van der Waals surface area contributed by atoms with Crippen molar-refractivity contribution < 1.29 is 19.5 Å². The van der Waals surface area contributed by atoms with Crippen molar-refractivity contribution in [2.75, 3.05) is 57.8 Å². The highest BCUT2D eigenvalue weighted by molar-refractivity contribution is 6.40. The van der Waals surface area contributed by atoms with E-state index in [4.69, 9.17) is 46.4 Å². The summed E-state index contributed by atoms with van der Waals surface area (Å²) in [5.74, 6) is -1.88. The second-order valence-electron chi connectivity index (χ2n) is 12.6. The van der Waals surface area contributed by atoms with Crippen LogP contribution in [0.3, 0.4) is 0 Å². The van der Waals surface area contributed by atoms with Crippen LogP contribution in [-0.2, 0) is 4.79 Å². The molecule has 4 amide bonds. The number of halogens is 4. The molecule has 0 atom stereocenters. The smallest absolute Gasteiger partial charge is 0.331 e. The molecule has 0 spiro atoms. The first kappa shape index (κ1) is 41.0. The SMILES string of the molecule is CCC(=O)Nc1ccc(Cl)c(C(=O)Nc2nn(-c3c(Cl)cc(Cl)cc3Cl)c(O)c2N(C(=O)Nc2ccc(N(C)C)cc2)c2ccc(N(CC)CC)cc2C)c1. The Morgan fingerprint density at radius 3 is 1.96 bits per heavy atom. The zero-order chi connectivity index (χ0) is 40.1. The second kappa shape index (κ2) is 17.5. The molecule has 288 valence electrons. The molecule has 0 unspecified atom stereocenters. The van der Waals surface area contributed by atoms with Gasteiger partial charge in [-0.15, -0.1) is 5.10 Å². The van der Waals surface area contributed by atoms with Crippen LogP contribution in [0.15, 0.2) is 72.8 Å². The zero-order valence-corrected chi connectivity index (χ0v) is 34.0. The standard InChI is InChI=1S/C39H40Cl4N8O4/c1-7-33(52)44-25-12-16-29(41)28(21-25)37(53)46-36-35(38(54)51(47-36)34-30(42)19-23(40)20-31(34)43)50(32-17-15-27(18-22(32)4)49(8-2)9-3)39(55)45-24-10-13-26(14-11-24)48(5)6/h10-21,54H,7-9H2,1-6H3,(H,44,52)(H,45,55)(H,46,47,53). The molecule has 16 heteroatoms.